The highest BCUT2D eigenvalue weighted by molar-refractivity contribution is 6.31. The molecule has 0 fully saturated rings. The van der Waals surface area contributed by atoms with Gasteiger partial charge in [0.25, 0.3) is 5.91 Å². The first-order valence-corrected chi connectivity index (χ1v) is 10.5. The molecular weight excluding hydrogens is 414 g/mol. The van der Waals surface area contributed by atoms with Crippen molar-refractivity contribution in [3.05, 3.63) is 87.5 Å². The Hall–Kier alpha value is -3.15. The monoisotopic (exact) mass is 436 g/mol. The summed E-state index contributed by atoms with van der Waals surface area (Å²) in [5.74, 6) is -1.84. The molecule has 0 spiro atoms. The van der Waals surface area contributed by atoms with Crippen LogP contribution in [0.25, 0.3) is 11.6 Å². The zero-order chi connectivity index (χ0) is 22.1. The van der Waals surface area contributed by atoms with Crippen LogP contribution in [-0.2, 0) is 9.59 Å². The van der Waals surface area contributed by atoms with Crippen LogP contribution in [0.2, 0.25) is 5.02 Å². The lowest BCUT2D eigenvalue weighted by molar-refractivity contribution is -0.117. The number of halogens is 1. The van der Waals surface area contributed by atoms with Gasteiger partial charge in [0.1, 0.15) is 5.76 Å². The molecule has 0 heterocycles. The summed E-state index contributed by atoms with van der Waals surface area (Å²) in [6, 6.07) is 14.2. The van der Waals surface area contributed by atoms with Gasteiger partial charge in [-0.3, -0.25) is 9.59 Å². The van der Waals surface area contributed by atoms with E-state index in [0.29, 0.717) is 22.7 Å². The highest BCUT2D eigenvalue weighted by Crippen LogP contribution is 2.31. The number of amides is 1. The number of carbonyl (C=O) groups excluding carboxylic acids is 2. The Balaban J connectivity index is 1.70. The molecule has 0 bridgehead atoms. The first-order valence-electron chi connectivity index (χ1n) is 10.1. The largest absolute Gasteiger partial charge is 0.507 e. The Morgan fingerprint density at radius 3 is 2.68 bits per heavy atom. The molecular formula is C25H23ClNO4+. The molecule has 0 saturated carbocycles. The molecule has 2 aromatic carbocycles. The number of anilines is 1. The summed E-state index contributed by atoms with van der Waals surface area (Å²) in [5.41, 5.74) is 0.981. The molecule has 1 amide bonds. The van der Waals surface area contributed by atoms with Crippen LogP contribution in [0, 0.1) is 11.8 Å². The summed E-state index contributed by atoms with van der Waals surface area (Å²) >= 11 is 5.97. The third-order valence-electron chi connectivity index (χ3n) is 5.68. The van der Waals surface area contributed by atoms with Crippen LogP contribution in [0.15, 0.2) is 72.0 Å². The van der Waals surface area contributed by atoms with E-state index in [9.17, 15) is 14.7 Å². The molecule has 0 aliphatic heterocycles. The topological polar surface area (TPSA) is 89.3 Å². The third kappa shape index (κ3) is 4.20. The Labute approximate surface area is 184 Å². The summed E-state index contributed by atoms with van der Waals surface area (Å²) in [6.07, 6.45) is 4.82. The number of rotatable bonds is 4. The van der Waals surface area contributed by atoms with Gasteiger partial charge in [-0.2, -0.15) is 0 Å². The lowest BCUT2D eigenvalue weighted by Gasteiger charge is -2.25. The Morgan fingerprint density at radius 1 is 1.13 bits per heavy atom. The minimum Gasteiger partial charge on any atom is -0.507 e. The lowest BCUT2D eigenvalue weighted by atomic mass is 9.78. The summed E-state index contributed by atoms with van der Waals surface area (Å²) in [7, 11) is 0. The molecule has 2 aliphatic carbocycles. The van der Waals surface area contributed by atoms with Crippen molar-refractivity contribution in [2.75, 3.05) is 5.32 Å². The molecule has 3 unspecified atom stereocenters. The molecule has 158 valence electrons. The van der Waals surface area contributed by atoms with Gasteiger partial charge < -0.3 is 15.5 Å². The van der Waals surface area contributed by atoms with E-state index in [-0.39, 0.29) is 23.0 Å². The van der Waals surface area contributed by atoms with Crippen molar-refractivity contribution in [1.29, 1.82) is 0 Å². The first-order chi connectivity index (χ1) is 14.8. The minimum absolute atomic E-state index is 0.0363. The molecule has 2 aromatic rings. The highest BCUT2D eigenvalue weighted by Gasteiger charge is 2.35. The zero-order valence-corrected chi connectivity index (χ0v) is 17.7. The van der Waals surface area contributed by atoms with E-state index in [4.69, 9.17) is 16.7 Å². The Bertz CT molecular complexity index is 1240. The number of hydrogen-bond donors (Lipinski definition) is 2. The number of carbonyl (C=O) groups is 2. The van der Waals surface area contributed by atoms with E-state index >= 15 is 0 Å². The summed E-state index contributed by atoms with van der Waals surface area (Å²) < 4.78 is 0. The predicted molar refractivity (Wildman–Crippen MR) is 122 cm³/mol. The molecule has 0 saturated heterocycles. The number of fused-ring (bicyclic) bond motifs is 1. The third-order valence-corrected chi connectivity index (χ3v) is 5.91. The predicted octanol–water partition coefficient (Wildman–Crippen LogP) is 2.61. The van der Waals surface area contributed by atoms with E-state index < -0.39 is 17.9 Å². The minimum atomic E-state index is -0.661. The molecule has 2 aliphatic rings. The maximum absolute atomic E-state index is 13.5. The van der Waals surface area contributed by atoms with Gasteiger partial charge in [0, 0.05) is 23.0 Å². The van der Waals surface area contributed by atoms with Crippen molar-refractivity contribution in [3.63, 3.8) is 0 Å². The molecule has 5 nitrogen and oxygen atoms in total. The van der Waals surface area contributed by atoms with Crippen molar-refractivity contribution < 1.29 is 19.8 Å². The van der Waals surface area contributed by atoms with Gasteiger partial charge >= 0.3 is 0 Å². The van der Waals surface area contributed by atoms with Crippen LogP contribution in [0.3, 0.4) is 0 Å². The van der Waals surface area contributed by atoms with Gasteiger partial charge in [-0.1, -0.05) is 61.0 Å². The van der Waals surface area contributed by atoms with Crippen molar-refractivity contribution >= 4 is 40.6 Å². The lowest BCUT2D eigenvalue weighted by Crippen LogP contribution is -2.40. The molecule has 31 heavy (non-hydrogen) atoms. The van der Waals surface area contributed by atoms with Crippen LogP contribution in [0.1, 0.15) is 13.3 Å². The highest BCUT2D eigenvalue weighted by atomic mass is 35.5. The number of aliphatic hydroxyl groups excluding tert-OH is 1. The van der Waals surface area contributed by atoms with Gasteiger partial charge in [0.2, 0.25) is 0 Å². The number of nitrogens with one attached hydrogen (secondary N) is 1. The Morgan fingerprint density at radius 2 is 1.90 bits per heavy atom. The molecule has 4 N–H and O–H groups in total. The summed E-state index contributed by atoms with van der Waals surface area (Å²) in [5, 5.41) is 23.8. The number of hydrogen-bond acceptors (Lipinski definition) is 3. The second kappa shape index (κ2) is 8.53. The normalized spacial score (nSPS) is 22.5. The van der Waals surface area contributed by atoms with Crippen LogP contribution < -0.4 is 15.8 Å². The fourth-order valence-electron chi connectivity index (χ4n) is 4.08. The van der Waals surface area contributed by atoms with Gasteiger partial charge in [0.15, 0.2) is 11.9 Å². The number of allylic oxidation sites excluding steroid dienone is 2. The van der Waals surface area contributed by atoms with Gasteiger partial charge in [-0.15, -0.1) is 0 Å². The zero-order valence-electron chi connectivity index (χ0n) is 16.9. The van der Waals surface area contributed by atoms with Crippen molar-refractivity contribution in [1.82, 2.24) is 0 Å². The quantitative estimate of drug-likeness (QED) is 0.722. The standard InChI is InChI=1S/C25H22ClNO4/c1-14-11-22(29)20(25(31)27-17-7-4-6-16(26)12-17)13-19(14)24(30)23-18-8-3-2-5-15(18)9-10-21(23)28/h2-9,11-14,19,21,28-29H,10H2,1H3,(H,27,31)/p+1. The number of aliphatic hydroxyl groups is 1. The fraction of sp³-hybridized carbons (Fsp3) is 0.200. The van der Waals surface area contributed by atoms with Crippen LogP contribution in [0.4, 0.5) is 5.69 Å². The molecule has 6 heteroatoms. The van der Waals surface area contributed by atoms with E-state index in [1.807, 2.05) is 37.3 Å². The molecule has 0 aromatic heterocycles. The number of benzene rings is 2. The molecule has 4 rings (SSSR count). The van der Waals surface area contributed by atoms with E-state index in [0.717, 1.165) is 10.4 Å². The first kappa shape index (κ1) is 21.1. The van der Waals surface area contributed by atoms with Crippen LogP contribution in [0.5, 0.6) is 0 Å². The van der Waals surface area contributed by atoms with Crippen molar-refractivity contribution in [2.45, 2.75) is 19.4 Å². The molecule has 3 atom stereocenters. The Kier molecular flexibility index (Phi) is 5.81. The van der Waals surface area contributed by atoms with E-state index in [1.54, 1.807) is 24.3 Å². The number of Topliss-reactive ketones (excluding diaryl/α,β-unsaturated/α-hetero) is 1. The average molecular weight is 437 g/mol. The van der Waals surface area contributed by atoms with Gasteiger partial charge in [0.05, 0.1) is 11.1 Å². The maximum atomic E-state index is 13.5. The number of ketones is 1. The average Bonchev–Trinajstić information content (AvgIpc) is 2.73. The molecule has 0 radical (unpaired) electrons. The fourth-order valence-corrected chi connectivity index (χ4v) is 4.28. The van der Waals surface area contributed by atoms with Crippen LogP contribution in [-0.4, -0.2) is 28.0 Å². The summed E-state index contributed by atoms with van der Waals surface area (Å²) in [4.78, 5) is 26.4. The van der Waals surface area contributed by atoms with Gasteiger partial charge in [-0.05, 0) is 40.6 Å². The van der Waals surface area contributed by atoms with Crippen molar-refractivity contribution in [3.8, 4) is 0 Å². The van der Waals surface area contributed by atoms with Crippen LogP contribution >= 0.6 is 11.6 Å². The second-order valence-corrected chi connectivity index (χ2v) is 8.28. The summed E-state index contributed by atoms with van der Waals surface area (Å²) in [6.45, 7) is 1.82. The van der Waals surface area contributed by atoms with Crippen molar-refractivity contribution in [2.24, 2.45) is 11.8 Å². The maximum Gasteiger partial charge on any atom is 0.259 e. The van der Waals surface area contributed by atoms with E-state index in [2.05, 4.69) is 5.32 Å². The second-order valence-electron chi connectivity index (χ2n) is 7.84. The van der Waals surface area contributed by atoms with E-state index in [1.165, 1.54) is 12.2 Å². The van der Waals surface area contributed by atoms with Gasteiger partial charge in [-0.25, -0.2) is 0 Å². The smallest absolute Gasteiger partial charge is 0.259 e. The SMILES string of the molecule is CC1C=C(O)C(C(=O)Nc2cccc(Cl)c2)=CC1C(=O)C1=c2ccccc2=CCC1[OH2+].